The van der Waals surface area contributed by atoms with Gasteiger partial charge in [0.25, 0.3) is 0 Å². The Morgan fingerprint density at radius 3 is 2.63 bits per heavy atom. The Kier molecular flexibility index (Phi) is 4.81. The van der Waals surface area contributed by atoms with Crippen LogP contribution in [0.25, 0.3) is 11.4 Å². The molecule has 2 aromatic rings. The van der Waals surface area contributed by atoms with Crippen LogP contribution < -0.4 is 0 Å². The minimum Gasteiger partial charge on any atom is -0.394 e. The first-order valence-corrected chi connectivity index (χ1v) is 7.05. The molecular formula is C12H14ClN3O2S. The molecule has 5 nitrogen and oxygen atoms in total. The average Bonchev–Trinajstić information content (AvgIpc) is 2.78. The maximum Gasteiger partial charge on any atom is 0.191 e. The number of aliphatic hydroxyl groups excluding tert-OH is 2. The van der Waals surface area contributed by atoms with Crippen LogP contribution in [0, 0.1) is 0 Å². The summed E-state index contributed by atoms with van der Waals surface area (Å²) in [6.07, 6.45) is -0.749. The molecule has 102 valence electrons. The number of halogens is 1. The summed E-state index contributed by atoms with van der Waals surface area (Å²) < 4.78 is 1.85. The summed E-state index contributed by atoms with van der Waals surface area (Å²) in [5, 5.41) is 27.7. The lowest BCUT2D eigenvalue weighted by molar-refractivity contribution is 0.113. The van der Waals surface area contributed by atoms with E-state index < -0.39 is 6.10 Å². The predicted octanol–water partition coefficient (Wildman–Crippen LogP) is 1.58. The molecule has 0 amide bonds. The van der Waals surface area contributed by atoms with E-state index in [1.165, 1.54) is 11.8 Å². The van der Waals surface area contributed by atoms with Crippen LogP contribution >= 0.6 is 23.4 Å². The first-order chi connectivity index (χ1) is 9.11. The summed E-state index contributed by atoms with van der Waals surface area (Å²) in [7, 11) is 1.86. The monoisotopic (exact) mass is 299 g/mol. The number of aliphatic hydroxyl groups is 2. The predicted molar refractivity (Wildman–Crippen MR) is 75.3 cm³/mol. The van der Waals surface area contributed by atoms with Crippen molar-refractivity contribution in [3.05, 3.63) is 29.3 Å². The molecule has 0 spiro atoms. The van der Waals surface area contributed by atoms with Crippen molar-refractivity contribution >= 4 is 23.4 Å². The van der Waals surface area contributed by atoms with Gasteiger partial charge in [-0.05, 0) is 24.3 Å². The lowest BCUT2D eigenvalue weighted by Crippen LogP contribution is -2.15. The Labute approximate surface area is 120 Å². The number of hydrogen-bond acceptors (Lipinski definition) is 5. The lowest BCUT2D eigenvalue weighted by Gasteiger charge is -2.06. The van der Waals surface area contributed by atoms with E-state index in [1.54, 1.807) is 12.1 Å². The van der Waals surface area contributed by atoms with Crippen LogP contribution in [-0.4, -0.2) is 43.4 Å². The summed E-state index contributed by atoms with van der Waals surface area (Å²) in [6.45, 7) is -0.255. The van der Waals surface area contributed by atoms with E-state index in [4.69, 9.17) is 16.7 Å². The molecule has 0 saturated carbocycles. The van der Waals surface area contributed by atoms with E-state index in [1.807, 2.05) is 23.7 Å². The molecule has 0 radical (unpaired) electrons. The molecule has 0 aliphatic carbocycles. The molecule has 0 aliphatic heterocycles. The van der Waals surface area contributed by atoms with Gasteiger partial charge in [0.05, 0.1) is 12.7 Å². The third-order valence-electron chi connectivity index (χ3n) is 2.55. The highest BCUT2D eigenvalue weighted by molar-refractivity contribution is 7.99. The van der Waals surface area contributed by atoms with Crippen molar-refractivity contribution in [1.29, 1.82) is 0 Å². The smallest absolute Gasteiger partial charge is 0.191 e. The molecule has 1 atom stereocenters. The van der Waals surface area contributed by atoms with Crippen molar-refractivity contribution < 1.29 is 10.2 Å². The van der Waals surface area contributed by atoms with E-state index in [-0.39, 0.29) is 6.61 Å². The van der Waals surface area contributed by atoms with Gasteiger partial charge < -0.3 is 14.8 Å². The number of nitrogens with zero attached hydrogens (tertiary/aromatic N) is 3. The topological polar surface area (TPSA) is 71.2 Å². The average molecular weight is 300 g/mol. The fourth-order valence-corrected chi connectivity index (χ4v) is 2.47. The molecule has 7 heteroatoms. The van der Waals surface area contributed by atoms with Gasteiger partial charge in [0.2, 0.25) is 0 Å². The molecule has 1 heterocycles. The largest absolute Gasteiger partial charge is 0.394 e. The van der Waals surface area contributed by atoms with Crippen LogP contribution in [0.3, 0.4) is 0 Å². The fourth-order valence-electron chi connectivity index (χ4n) is 1.51. The van der Waals surface area contributed by atoms with E-state index in [0.717, 1.165) is 11.4 Å². The van der Waals surface area contributed by atoms with Gasteiger partial charge in [0.15, 0.2) is 11.0 Å². The van der Waals surface area contributed by atoms with Crippen molar-refractivity contribution in [1.82, 2.24) is 14.8 Å². The van der Waals surface area contributed by atoms with Gasteiger partial charge in [-0.25, -0.2) is 0 Å². The molecular weight excluding hydrogens is 286 g/mol. The number of hydrogen-bond donors (Lipinski definition) is 2. The molecule has 1 unspecified atom stereocenters. The zero-order valence-corrected chi connectivity index (χ0v) is 11.9. The SMILES string of the molecule is Cn1c(SCC(O)CO)nnc1-c1ccc(Cl)cc1. The Morgan fingerprint density at radius 2 is 2.00 bits per heavy atom. The molecule has 0 saturated heterocycles. The van der Waals surface area contributed by atoms with Crippen LogP contribution in [0.15, 0.2) is 29.4 Å². The number of rotatable bonds is 5. The molecule has 1 aromatic carbocycles. The van der Waals surface area contributed by atoms with E-state index >= 15 is 0 Å². The van der Waals surface area contributed by atoms with Crippen molar-refractivity contribution in [3.8, 4) is 11.4 Å². The quantitative estimate of drug-likeness (QED) is 0.820. The second-order valence-corrected chi connectivity index (χ2v) is 5.44. The first kappa shape index (κ1) is 14.3. The van der Waals surface area contributed by atoms with Gasteiger partial charge in [-0.15, -0.1) is 10.2 Å². The Bertz CT molecular complexity index is 544. The molecule has 0 fully saturated rings. The standard InChI is InChI=1S/C12H14ClN3O2S/c1-16-11(8-2-4-9(13)5-3-8)14-15-12(16)19-7-10(18)6-17/h2-5,10,17-18H,6-7H2,1H3. The summed E-state index contributed by atoms with van der Waals surface area (Å²) in [5.41, 5.74) is 0.925. The summed E-state index contributed by atoms with van der Waals surface area (Å²) in [5.74, 6) is 1.11. The van der Waals surface area contributed by atoms with Crippen molar-refractivity contribution in [2.24, 2.45) is 7.05 Å². The summed E-state index contributed by atoms with van der Waals surface area (Å²) >= 11 is 7.20. The molecule has 0 bridgehead atoms. The first-order valence-electron chi connectivity index (χ1n) is 5.69. The van der Waals surface area contributed by atoms with Crippen LogP contribution in [0.1, 0.15) is 0 Å². The highest BCUT2D eigenvalue weighted by Crippen LogP contribution is 2.24. The molecule has 0 aliphatic rings. The van der Waals surface area contributed by atoms with Gasteiger partial charge in [-0.2, -0.15) is 0 Å². The highest BCUT2D eigenvalue weighted by atomic mass is 35.5. The fraction of sp³-hybridized carbons (Fsp3) is 0.333. The Balaban J connectivity index is 2.16. The number of aromatic nitrogens is 3. The van der Waals surface area contributed by atoms with Gasteiger partial charge in [-0.1, -0.05) is 23.4 Å². The second kappa shape index (κ2) is 6.38. The molecule has 2 N–H and O–H groups in total. The molecule has 2 rings (SSSR count). The zero-order chi connectivity index (χ0) is 13.8. The minimum atomic E-state index is -0.749. The normalized spacial score (nSPS) is 12.6. The van der Waals surface area contributed by atoms with E-state index in [2.05, 4.69) is 10.2 Å². The third kappa shape index (κ3) is 3.48. The van der Waals surface area contributed by atoms with E-state index in [0.29, 0.717) is 15.9 Å². The van der Waals surface area contributed by atoms with Crippen molar-refractivity contribution in [3.63, 3.8) is 0 Å². The maximum atomic E-state index is 9.32. The Hall–Kier alpha value is -1.08. The second-order valence-electron chi connectivity index (χ2n) is 4.02. The van der Waals surface area contributed by atoms with Crippen molar-refractivity contribution in [2.45, 2.75) is 11.3 Å². The van der Waals surface area contributed by atoms with Gasteiger partial charge in [0, 0.05) is 23.4 Å². The number of benzene rings is 1. The summed E-state index contributed by atoms with van der Waals surface area (Å²) in [4.78, 5) is 0. The van der Waals surface area contributed by atoms with Crippen LogP contribution in [-0.2, 0) is 7.05 Å². The third-order valence-corrected chi connectivity index (χ3v) is 3.97. The van der Waals surface area contributed by atoms with Gasteiger partial charge in [-0.3, -0.25) is 0 Å². The van der Waals surface area contributed by atoms with Crippen LogP contribution in [0.4, 0.5) is 0 Å². The minimum absolute atomic E-state index is 0.255. The van der Waals surface area contributed by atoms with Crippen LogP contribution in [0.2, 0.25) is 5.02 Å². The zero-order valence-electron chi connectivity index (χ0n) is 10.3. The number of thioether (sulfide) groups is 1. The van der Waals surface area contributed by atoms with Gasteiger partial charge in [0.1, 0.15) is 0 Å². The molecule has 19 heavy (non-hydrogen) atoms. The van der Waals surface area contributed by atoms with Crippen molar-refractivity contribution in [2.75, 3.05) is 12.4 Å². The Morgan fingerprint density at radius 1 is 1.32 bits per heavy atom. The lowest BCUT2D eigenvalue weighted by atomic mass is 10.2. The summed E-state index contributed by atoms with van der Waals surface area (Å²) in [6, 6.07) is 7.36. The van der Waals surface area contributed by atoms with Gasteiger partial charge >= 0.3 is 0 Å². The van der Waals surface area contributed by atoms with E-state index in [9.17, 15) is 5.11 Å². The van der Waals surface area contributed by atoms with Crippen LogP contribution in [0.5, 0.6) is 0 Å². The highest BCUT2D eigenvalue weighted by Gasteiger charge is 2.12. The maximum absolute atomic E-state index is 9.32. The molecule has 1 aromatic heterocycles.